The summed E-state index contributed by atoms with van der Waals surface area (Å²) in [6, 6.07) is 7.75. The summed E-state index contributed by atoms with van der Waals surface area (Å²) in [5.41, 5.74) is 1.04. The lowest BCUT2D eigenvalue weighted by atomic mass is 9.70. The van der Waals surface area contributed by atoms with Gasteiger partial charge < -0.3 is 24.8 Å². The number of aliphatic carboxylic acids is 1. The average Bonchev–Trinajstić information content (AvgIpc) is 2.60. The van der Waals surface area contributed by atoms with Crippen molar-refractivity contribution in [1.29, 1.82) is 0 Å². The van der Waals surface area contributed by atoms with Crippen LogP contribution < -0.4 is 9.64 Å². The van der Waals surface area contributed by atoms with Crippen molar-refractivity contribution < 1.29 is 24.7 Å². The van der Waals surface area contributed by atoms with Crippen molar-refractivity contribution in [3.8, 4) is 5.75 Å². The molecule has 2 rings (SSSR count). The summed E-state index contributed by atoms with van der Waals surface area (Å²) in [4.78, 5) is 13.8. The predicted octanol–water partition coefficient (Wildman–Crippen LogP) is 2.11. The minimum atomic E-state index is -1.30. The van der Waals surface area contributed by atoms with E-state index in [4.69, 9.17) is 14.8 Å². The van der Waals surface area contributed by atoms with Gasteiger partial charge in [0.05, 0.1) is 13.0 Å². The van der Waals surface area contributed by atoms with Gasteiger partial charge in [-0.25, -0.2) is 0 Å². The Hall–Kier alpha value is -1.73. The number of methoxy groups -OCH3 is 1. The van der Waals surface area contributed by atoms with Crippen LogP contribution in [0.2, 0.25) is 6.32 Å². The quantitative estimate of drug-likeness (QED) is 0.623. The van der Waals surface area contributed by atoms with E-state index >= 15 is 0 Å². The molecule has 0 aromatic heterocycles. The van der Waals surface area contributed by atoms with Gasteiger partial charge in [-0.1, -0.05) is 12.8 Å². The Morgan fingerprint density at radius 2 is 1.96 bits per heavy atom. The highest BCUT2D eigenvalue weighted by atomic mass is 16.5. The fourth-order valence-electron chi connectivity index (χ4n) is 3.78. The van der Waals surface area contributed by atoms with E-state index in [0.29, 0.717) is 25.7 Å². The molecule has 3 N–H and O–H groups in total. The molecule has 0 unspecified atom stereocenters. The number of ether oxygens (including phenoxy) is 1. The van der Waals surface area contributed by atoms with Crippen LogP contribution in [0.3, 0.4) is 0 Å². The van der Waals surface area contributed by atoms with Gasteiger partial charge in [-0.15, -0.1) is 0 Å². The van der Waals surface area contributed by atoms with Crippen molar-refractivity contribution in [2.75, 3.05) is 25.6 Å². The molecule has 1 aliphatic rings. The molecule has 138 valence electrons. The lowest BCUT2D eigenvalue weighted by Crippen LogP contribution is -2.38. The predicted molar refractivity (Wildman–Crippen MR) is 97.8 cm³/mol. The summed E-state index contributed by atoms with van der Waals surface area (Å²) < 4.78 is 5.17. The van der Waals surface area contributed by atoms with E-state index in [1.807, 2.05) is 31.3 Å². The van der Waals surface area contributed by atoms with Gasteiger partial charge in [0.2, 0.25) is 0 Å². The molecule has 1 aromatic carbocycles. The molecule has 0 aliphatic heterocycles. The molecule has 1 aliphatic carbocycles. The fourth-order valence-corrected chi connectivity index (χ4v) is 3.78. The van der Waals surface area contributed by atoms with Gasteiger partial charge in [0, 0.05) is 19.3 Å². The minimum absolute atomic E-state index is 0.0971. The summed E-state index contributed by atoms with van der Waals surface area (Å²) in [5, 5.41) is 27.7. The number of hydrogen-bond acceptors (Lipinski definition) is 5. The van der Waals surface area contributed by atoms with Gasteiger partial charge in [-0.3, -0.25) is 4.79 Å². The SMILES string of the molecule is COc1ccc(N(C)C[C@@H]2CC[C@@H](CCB(O)O)C[C@@H]2C(=O)O)cc1. The molecule has 1 saturated carbocycles. The van der Waals surface area contributed by atoms with Crippen LogP contribution in [-0.2, 0) is 4.79 Å². The van der Waals surface area contributed by atoms with Crippen LogP contribution in [0.4, 0.5) is 5.69 Å². The Labute approximate surface area is 149 Å². The van der Waals surface area contributed by atoms with E-state index in [2.05, 4.69) is 4.90 Å². The number of carboxylic acids is 1. The van der Waals surface area contributed by atoms with Crippen molar-refractivity contribution in [3.05, 3.63) is 24.3 Å². The van der Waals surface area contributed by atoms with Gasteiger partial charge in [0.25, 0.3) is 0 Å². The smallest absolute Gasteiger partial charge is 0.451 e. The lowest BCUT2D eigenvalue weighted by Gasteiger charge is -2.36. The van der Waals surface area contributed by atoms with Crippen LogP contribution in [0.1, 0.15) is 25.7 Å². The summed E-state index contributed by atoms with van der Waals surface area (Å²) >= 11 is 0. The molecule has 7 heteroatoms. The first-order valence-corrected chi connectivity index (χ1v) is 8.84. The number of carboxylic acid groups (broad SMARTS) is 1. The number of anilines is 1. The molecule has 3 atom stereocenters. The minimum Gasteiger partial charge on any atom is -0.497 e. The Kier molecular flexibility index (Phi) is 7.14. The third-order valence-electron chi connectivity index (χ3n) is 5.27. The Morgan fingerprint density at radius 3 is 2.52 bits per heavy atom. The van der Waals surface area contributed by atoms with Gasteiger partial charge >= 0.3 is 13.1 Å². The van der Waals surface area contributed by atoms with Crippen molar-refractivity contribution >= 4 is 18.8 Å². The van der Waals surface area contributed by atoms with E-state index in [1.54, 1.807) is 7.11 Å². The van der Waals surface area contributed by atoms with E-state index < -0.39 is 13.1 Å². The summed E-state index contributed by atoms with van der Waals surface area (Å²) in [6.07, 6.45) is 3.39. The second kappa shape index (κ2) is 9.11. The summed E-state index contributed by atoms with van der Waals surface area (Å²) in [7, 11) is 2.31. The zero-order chi connectivity index (χ0) is 18.4. The Morgan fingerprint density at radius 1 is 1.28 bits per heavy atom. The number of nitrogens with zero attached hydrogens (tertiary/aromatic N) is 1. The lowest BCUT2D eigenvalue weighted by molar-refractivity contribution is -0.145. The molecule has 0 saturated heterocycles. The molecule has 1 aromatic rings. The zero-order valence-electron chi connectivity index (χ0n) is 15.0. The van der Waals surface area contributed by atoms with Crippen LogP contribution >= 0.6 is 0 Å². The maximum Gasteiger partial charge on any atom is 0.451 e. The Balaban J connectivity index is 1.96. The normalized spacial score (nSPS) is 23.1. The van der Waals surface area contributed by atoms with E-state index in [1.165, 1.54) is 0 Å². The molecular formula is C18H28BNO5. The monoisotopic (exact) mass is 349 g/mol. The molecule has 25 heavy (non-hydrogen) atoms. The molecular weight excluding hydrogens is 321 g/mol. The number of rotatable bonds is 8. The van der Waals surface area contributed by atoms with Gasteiger partial charge in [0.1, 0.15) is 5.75 Å². The highest BCUT2D eigenvalue weighted by molar-refractivity contribution is 6.40. The standard InChI is InChI=1S/C18H28BNO5/c1-20(15-5-7-16(25-2)8-6-15)12-14-4-3-13(9-10-19(23)24)11-17(14)18(21)22/h5-8,13-14,17,23-24H,3-4,9-12H2,1-2H3,(H,21,22)/t13-,14-,17-/m0/s1. The highest BCUT2D eigenvalue weighted by Gasteiger charge is 2.36. The van der Waals surface area contributed by atoms with Crippen molar-refractivity contribution in [1.82, 2.24) is 0 Å². The van der Waals surface area contributed by atoms with Crippen LogP contribution in [0, 0.1) is 17.8 Å². The van der Waals surface area contributed by atoms with Crippen LogP contribution in [-0.4, -0.2) is 48.9 Å². The molecule has 0 radical (unpaired) electrons. The van der Waals surface area contributed by atoms with Crippen molar-refractivity contribution in [3.63, 3.8) is 0 Å². The second-order valence-corrected chi connectivity index (χ2v) is 7.02. The largest absolute Gasteiger partial charge is 0.497 e. The fraction of sp³-hybridized carbons (Fsp3) is 0.611. The highest BCUT2D eigenvalue weighted by Crippen LogP contribution is 2.37. The van der Waals surface area contributed by atoms with Crippen molar-refractivity contribution in [2.24, 2.45) is 17.8 Å². The topological polar surface area (TPSA) is 90.2 Å². The zero-order valence-corrected chi connectivity index (χ0v) is 15.0. The van der Waals surface area contributed by atoms with E-state index in [0.717, 1.165) is 24.3 Å². The first kappa shape index (κ1) is 19.6. The third kappa shape index (κ3) is 5.65. The van der Waals surface area contributed by atoms with E-state index in [-0.39, 0.29) is 17.8 Å². The molecule has 6 nitrogen and oxygen atoms in total. The van der Waals surface area contributed by atoms with Crippen LogP contribution in [0.5, 0.6) is 5.75 Å². The molecule has 0 bridgehead atoms. The maximum atomic E-state index is 11.7. The van der Waals surface area contributed by atoms with Crippen molar-refractivity contribution in [2.45, 2.75) is 32.0 Å². The van der Waals surface area contributed by atoms with Crippen LogP contribution in [0.25, 0.3) is 0 Å². The first-order valence-electron chi connectivity index (χ1n) is 8.84. The molecule has 0 amide bonds. The van der Waals surface area contributed by atoms with Crippen LogP contribution in [0.15, 0.2) is 24.3 Å². The number of hydrogen-bond donors (Lipinski definition) is 3. The molecule has 0 spiro atoms. The van der Waals surface area contributed by atoms with E-state index in [9.17, 15) is 9.90 Å². The second-order valence-electron chi connectivity index (χ2n) is 7.02. The Bertz CT molecular complexity index is 551. The van der Waals surface area contributed by atoms with Gasteiger partial charge in [-0.2, -0.15) is 0 Å². The maximum absolute atomic E-state index is 11.7. The number of carbonyl (C=O) groups is 1. The van der Waals surface area contributed by atoms with Gasteiger partial charge in [0.15, 0.2) is 0 Å². The molecule has 0 heterocycles. The summed E-state index contributed by atoms with van der Waals surface area (Å²) in [5.74, 6) is 0.0233. The summed E-state index contributed by atoms with van der Waals surface area (Å²) in [6.45, 7) is 0.693. The number of benzene rings is 1. The van der Waals surface area contributed by atoms with Gasteiger partial charge in [-0.05, 0) is 55.3 Å². The third-order valence-corrected chi connectivity index (χ3v) is 5.27. The average molecular weight is 349 g/mol. The first-order chi connectivity index (χ1) is 11.9. The molecule has 1 fully saturated rings.